The summed E-state index contributed by atoms with van der Waals surface area (Å²) in [5.74, 6) is 0.868. The monoisotopic (exact) mass is 311 g/mol. The van der Waals surface area contributed by atoms with Crippen LogP contribution < -0.4 is 15.8 Å². The van der Waals surface area contributed by atoms with Crippen LogP contribution in [0.2, 0.25) is 0 Å². The fourth-order valence-corrected chi connectivity index (χ4v) is 2.99. The molecule has 4 heteroatoms. The highest BCUT2D eigenvalue weighted by Crippen LogP contribution is 2.31. The Morgan fingerprint density at radius 3 is 2.39 bits per heavy atom. The first kappa shape index (κ1) is 15.7. The van der Waals surface area contributed by atoms with Crippen molar-refractivity contribution in [3.8, 4) is 16.9 Å². The molecule has 0 spiro atoms. The van der Waals surface area contributed by atoms with Crippen molar-refractivity contribution in [2.45, 2.75) is 18.9 Å². The van der Waals surface area contributed by atoms with E-state index in [1.54, 1.807) is 0 Å². The summed E-state index contributed by atoms with van der Waals surface area (Å²) in [5.41, 5.74) is 10.3. The van der Waals surface area contributed by atoms with Crippen LogP contribution in [-0.4, -0.2) is 38.2 Å². The molecule has 0 unspecified atom stereocenters. The summed E-state index contributed by atoms with van der Waals surface area (Å²) in [7, 11) is 4.07. The Hall–Kier alpha value is -2.20. The Bertz CT molecular complexity index is 646. The maximum absolute atomic E-state index is 6.25. The van der Waals surface area contributed by atoms with Crippen molar-refractivity contribution in [1.82, 2.24) is 4.90 Å². The van der Waals surface area contributed by atoms with Crippen molar-refractivity contribution in [1.29, 1.82) is 0 Å². The minimum Gasteiger partial charge on any atom is -0.490 e. The summed E-state index contributed by atoms with van der Waals surface area (Å²) in [6.45, 7) is 2.19. The van der Waals surface area contributed by atoms with E-state index in [1.807, 2.05) is 25.2 Å². The number of benzene rings is 2. The lowest BCUT2D eigenvalue weighted by molar-refractivity contribution is 0.114. The molecule has 2 aromatic rings. The molecule has 1 heterocycles. The second kappa shape index (κ2) is 6.92. The van der Waals surface area contributed by atoms with Gasteiger partial charge >= 0.3 is 0 Å². The molecule has 0 aliphatic carbocycles. The van der Waals surface area contributed by atoms with Gasteiger partial charge in [-0.15, -0.1) is 0 Å². The van der Waals surface area contributed by atoms with Gasteiger partial charge in [-0.25, -0.2) is 0 Å². The Kier molecular flexibility index (Phi) is 4.72. The minimum atomic E-state index is 0.298. The van der Waals surface area contributed by atoms with E-state index in [1.165, 1.54) is 0 Å². The van der Waals surface area contributed by atoms with Crippen LogP contribution in [0.25, 0.3) is 11.1 Å². The van der Waals surface area contributed by atoms with Crippen molar-refractivity contribution >= 4 is 11.4 Å². The maximum Gasteiger partial charge on any atom is 0.121 e. The third-order valence-electron chi connectivity index (χ3n) is 4.48. The van der Waals surface area contributed by atoms with Gasteiger partial charge in [0.05, 0.1) is 0 Å². The van der Waals surface area contributed by atoms with Gasteiger partial charge in [-0.2, -0.15) is 0 Å². The Morgan fingerprint density at radius 2 is 1.78 bits per heavy atom. The fourth-order valence-electron chi connectivity index (χ4n) is 2.99. The Labute approximate surface area is 138 Å². The molecule has 122 valence electrons. The van der Waals surface area contributed by atoms with Crippen LogP contribution in [0.4, 0.5) is 11.4 Å². The number of hydrogen-bond acceptors (Lipinski definition) is 4. The van der Waals surface area contributed by atoms with E-state index >= 15 is 0 Å². The van der Waals surface area contributed by atoms with Gasteiger partial charge in [-0.3, -0.25) is 0 Å². The van der Waals surface area contributed by atoms with Crippen molar-refractivity contribution in [3.63, 3.8) is 0 Å². The van der Waals surface area contributed by atoms with E-state index in [2.05, 4.69) is 41.5 Å². The molecule has 0 aromatic heterocycles. The molecule has 3 rings (SSSR count). The molecular formula is C19H25N3O. The summed E-state index contributed by atoms with van der Waals surface area (Å²) in [4.78, 5) is 2.34. The first-order valence-corrected chi connectivity index (χ1v) is 8.18. The lowest BCUT2D eigenvalue weighted by Gasteiger charge is -2.29. The van der Waals surface area contributed by atoms with Gasteiger partial charge in [0.15, 0.2) is 0 Å². The van der Waals surface area contributed by atoms with Gasteiger partial charge in [0.1, 0.15) is 11.9 Å². The normalized spacial score (nSPS) is 16.3. The van der Waals surface area contributed by atoms with Crippen LogP contribution in [0.15, 0.2) is 42.5 Å². The number of nitrogens with one attached hydrogen (secondary N) is 1. The third kappa shape index (κ3) is 3.77. The molecule has 0 bridgehead atoms. The second-order valence-electron chi connectivity index (χ2n) is 6.20. The van der Waals surface area contributed by atoms with E-state index in [0.29, 0.717) is 6.10 Å². The molecule has 2 aromatic carbocycles. The van der Waals surface area contributed by atoms with Gasteiger partial charge < -0.3 is 20.7 Å². The van der Waals surface area contributed by atoms with E-state index in [0.717, 1.165) is 54.2 Å². The minimum absolute atomic E-state index is 0.298. The highest BCUT2D eigenvalue weighted by atomic mass is 16.5. The number of ether oxygens (including phenoxy) is 1. The molecule has 0 radical (unpaired) electrons. The lowest BCUT2D eigenvalue weighted by Crippen LogP contribution is -2.35. The molecule has 4 nitrogen and oxygen atoms in total. The molecule has 0 amide bonds. The number of likely N-dealkylation sites (tertiary alicyclic amines) is 1. The highest BCUT2D eigenvalue weighted by Gasteiger charge is 2.18. The average Bonchev–Trinajstić information content (AvgIpc) is 2.57. The summed E-state index contributed by atoms with van der Waals surface area (Å²) in [6, 6.07) is 14.3. The zero-order valence-corrected chi connectivity index (χ0v) is 13.9. The van der Waals surface area contributed by atoms with Gasteiger partial charge in [-0.1, -0.05) is 12.1 Å². The summed E-state index contributed by atoms with van der Waals surface area (Å²) in [6.07, 6.45) is 2.44. The van der Waals surface area contributed by atoms with Crippen LogP contribution in [0, 0.1) is 0 Å². The van der Waals surface area contributed by atoms with E-state index in [4.69, 9.17) is 10.5 Å². The number of rotatable bonds is 4. The van der Waals surface area contributed by atoms with Crippen LogP contribution in [0.5, 0.6) is 5.75 Å². The third-order valence-corrected chi connectivity index (χ3v) is 4.48. The molecule has 23 heavy (non-hydrogen) atoms. The number of nitrogens with zero attached hydrogens (tertiary/aromatic N) is 1. The molecule has 1 aliphatic heterocycles. The lowest BCUT2D eigenvalue weighted by atomic mass is 10.0. The predicted octanol–water partition coefficient (Wildman–Crippen LogP) is 3.45. The van der Waals surface area contributed by atoms with Crippen molar-refractivity contribution in [2.75, 3.05) is 38.2 Å². The van der Waals surface area contributed by atoms with E-state index in [9.17, 15) is 0 Å². The number of hydrogen-bond donors (Lipinski definition) is 2. The maximum atomic E-state index is 6.25. The summed E-state index contributed by atoms with van der Waals surface area (Å²) >= 11 is 0. The van der Waals surface area contributed by atoms with Crippen LogP contribution >= 0.6 is 0 Å². The number of nitrogens with two attached hydrogens (primary N) is 1. The van der Waals surface area contributed by atoms with Crippen molar-refractivity contribution in [2.24, 2.45) is 0 Å². The van der Waals surface area contributed by atoms with Crippen LogP contribution in [0.1, 0.15) is 12.8 Å². The van der Waals surface area contributed by atoms with Crippen LogP contribution in [0.3, 0.4) is 0 Å². The molecule has 1 saturated heterocycles. The first-order chi connectivity index (χ1) is 11.2. The summed E-state index contributed by atoms with van der Waals surface area (Å²) < 4.78 is 6.10. The number of anilines is 2. The summed E-state index contributed by atoms with van der Waals surface area (Å²) in [5, 5.41) is 3.12. The zero-order valence-electron chi connectivity index (χ0n) is 13.9. The van der Waals surface area contributed by atoms with Gasteiger partial charge in [0, 0.05) is 43.1 Å². The Morgan fingerprint density at radius 1 is 1.09 bits per heavy atom. The SMILES string of the molecule is CNc1ccc(-c2ccc(OC3CCN(C)CC3)cc2N)cc1. The van der Waals surface area contributed by atoms with E-state index in [-0.39, 0.29) is 0 Å². The van der Waals surface area contributed by atoms with Gasteiger partial charge in [-0.05, 0) is 49.7 Å². The molecule has 1 aliphatic rings. The fraction of sp³-hybridized carbons (Fsp3) is 0.368. The predicted molar refractivity (Wildman–Crippen MR) is 97.0 cm³/mol. The molecule has 3 N–H and O–H groups in total. The number of piperidine rings is 1. The largest absolute Gasteiger partial charge is 0.490 e. The van der Waals surface area contributed by atoms with Gasteiger partial charge in [0.25, 0.3) is 0 Å². The topological polar surface area (TPSA) is 50.5 Å². The second-order valence-corrected chi connectivity index (χ2v) is 6.20. The Balaban J connectivity index is 1.72. The molecule has 0 saturated carbocycles. The zero-order chi connectivity index (χ0) is 16.2. The number of nitrogen functional groups attached to an aromatic ring is 1. The standard InChI is InChI=1S/C19H25N3O/c1-21-15-5-3-14(4-6-15)18-8-7-17(13-19(18)20)23-16-9-11-22(2)12-10-16/h3-8,13,16,21H,9-12,20H2,1-2H3. The van der Waals surface area contributed by atoms with Crippen LogP contribution in [-0.2, 0) is 0 Å². The molecule has 0 atom stereocenters. The first-order valence-electron chi connectivity index (χ1n) is 8.18. The molecular weight excluding hydrogens is 286 g/mol. The average molecular weight is 311 g/mol. The smallest absolute Gasteiger partial charge is 0.121 e. The molecule has 1 fully saturated rings. The highest BCUT2D eigenvalue weighted by molar-refractivity contribution is 5.78. The quantitative estimate of drug-likeness (QED) is 0.849. The van der Waals surface area contributed by atoms with E-state index < -0.39 is 0 Å². The van der Waals surface area contributed by atoms with Crippen molar-refractivity contribution in [3.05, 3.63) is 42.5 Å². The van der Waals surface area contributed by atoms with Crippen molar-refractivity contribution < 1.29 is 4.74 Å². The van der Waals surface area contributed by atoms with Gasteiger partial charge in [0.2, 0.25) is 0 Å².